The zero-order valence-electron chi connectivity index (χ0n) is 16.6. The monoisotopic (exact) mass is 410 g/mol. The second-order valence-electron chi connectivity index (χ2n) is 8.03. The number of aromatic nitrogens is 1. The number of aryl methyl sites for hydroxylation is 1. The lowest BCUT2D eigenvalue weighted by atomic mass is 9.76. The lowest BCUT2D eigenvalue weighted by molar-refractivity contribution is 0.0644. The Balaban J connectivity index is 1.68. The van der Waals surface area contributed by atoms with E-state index in [0.29, 0.717) is 25.0 Å². The summed E-state index contributed by atoms with van der Waals surface area (Å²) in [6, 6.07) is 17.0. The minimum absolute atomic E-state index is 0.0405. The van der Waals surface area contributed by atoms with Crippen molar-refractivity contribution in [2.75, 3.05) is 19.7 Å². The van der Waals surface area contributed by atoms with Crippen LogP contribution in [0.2, 0.25) is 0 Å². The Morgan fingerprint density at radius 1 is 1.10 bits per heavy atom. The summed E-state index contributed by atoms with van der Waals surface area (Å²) in [6.45, 7) is 2.78. The molecule has 1 N–H and O–H groups in total. The molecule has 4 rings (SSSR count). The molecule has 29 heavy (non-hydrogen) atoms. The molecule has 1 fully saturated rings. The van der Waals surface area contributed by atoms with Crippen LogP contribution in [-0.2, 0) is 16.4 Å². The Morgan fingerprint density at radius 3 is 2.69 bits per heavy atom. The average Bonchev–Trinajstić information content (AvgIpc) is 2.75. The van der Waals surface area contributed by atoms with Gasteiger partial charge in [-0.2, -0.15) is 4.31 Å². The Morgan fingerprint density at radius 2 is 1.90 bits per heavy atom. The summed E-state index contributed by atoms with van der Waals surface area (Å²) >= 11 is 0. The number of benzene rings is 2. The molecule has 152 valence electrons. The molecule has 2 aromatic carbocycles. The summed E-state index contributed by atoms with van der Waals surface area (Å²) in [5.41, 5.74) is 2.34. The molecule has 5 nitrogen and oxygen atoms in total. The maximum Gasteiger partial charge on any atom is 0.245 e. The normalized spacial score (nSPS) is 20.8. The van der Waals surface area contributed by atoms with Crippen LogP contribution in [0.15, 0.2) is 65.7 Å². The minimum Gasteiger partial charge on any atom is -0.396 e. The summed E-state index contributed by atoms with van der Waals surface area (Å²) in [5.74, 6) is 0. The number of fused-ring (bicyclic) bond motifs is 1. The predicted molar refractivity (Wildman–Crippen MR) is 114 cm³/mol. The van der Waals surface area contributed by atoms with Crippen molar-refractivity contribution in [3.8, 4) is 0 Å². The zero-order chi connectivity index (χ0) is 20.5. The first-order valence-electron chi connectivity index (χ1n) is 9.94. The van der Waals surface area contributed by atoms with E-state index < -0.39 is 15.4 Å². The van der Waals surface area contributed by atoms with Crippen LogP contribution in [0.1, 0.15) is 24.0 Å². The molecule has 6 heteroatoms. The van der Waals surface area contributed by atoms with Gasteiger partial charge in [-0.05, 0) is 49.4 Å². The number of sulfonamides is 1. The molecule has 1 saturated heterocycles. The fraction of sp³-hybridized carbons (Fsp3) is 0.348. The van der Waals surface area contributed by atoms with Crippen molar-refractivity contribution in [3.63, 3.8) is 0 Å². The highest BCUT2D eigenvalue weighted by Gasteiger charge is 2.40. The summed E-state index contributed by atoms with van der Waals surface area (Å²) < 4.78 is 28.6. The Labute approximate surface area is 172 Å². The zero-order valence-corrected chi connectivity index (χ0v) is 17.4. The highest BCUT2D eigenvalue weighted by atomic mass is 32.2. The molecule has 3 aromatic rings. The van der Waals surface area contributed by atoms with E-state index >= 15 is 0 Å². The van der Waals surface area contributed by atoms with Gasteiger partial charge in [-0.25, -0.2) is 8.42 Å². The van der Waals surface area contributed by atoms with Crippen molar-refractivity contribution in [1.29, 1.82) is 0 Å². The van der Waals surface area contributed by atoms with Crippen molar-refractivity contribution in [2.24, 2.45) is 5.41 Å². The number of pyridine rings is 1. The molecule has 0 radical (unpaired) electrons. The Hall–Kier alpha value is -2.28. The first-order chi connectivity index (χ1) is 14.0. The van der Waals surface area contributed by atoms with Crippen molar-refractivity contribution in [3.05, 3.63) is 71.9 Å². The van der Waals surface area contributed by atoms with Crippen LogP contribution in [0.4, 0.5) is 0 Å². The van der Waals surface area contributed by atoms with Gasteiger partial charge in [0.2, 0.25) is 10.0 Å². The van der Waals surface area contributed by atoms with E-state index in [2.05, 4.69) is 24.0 Å². The molecule has 1 aromatic heterocycles. The average molecular weight is 411 g/mol. The molecular formula is C23H26N2O3S. The molecule has 1 atom stereocenters. The third kappa shape index (κ3) is 3.80. The first-order valence-corrected chi connectivity index (χ1v) is 11.4. The van der Waals surface area contributed by atoms with Crippen molar-refractivity contribution < 1.29 is 13.5 Å². The number of rotatable bonds is 5. The smallest absolute Gasteiger partial charge is 0.245 e. The SMILES string of the molecule is Cc1ccccc1C[C@]1(CO)CCCN(S(=O)(=O)c2cccc3cccnc23)C1. The molecule has 0 aliphatic carbocycles. The van der Waals surface area contributed by atoms with Gasteiger partial charge in [-0.15, -0.1) is 0 Å². The molecule has 0 amide bonds. The molecule has 0 bridgehead atoms. The van der Waals surface area contributed by atoms with Crippen molar-refractivity contribution in [1.82, 2.24) is 9.29 Å². The molecule has 2 heterocycles. The lowest BCUT2D eigenvalue weighted by Gasteiger charge is -2.41. The second-order valence-corrected chi connectivity index (χ2v) is 9.94. The van der Waals surface area contributed by atoms with Gasteiger partial charge >= 0.3 is 0 Å². The molecular weight excluding hydrogens is 384 g/mol. The molecule has 1 aliphatic rings. The topological polar surface area (TPSA) is 70.5 Å². The number of aliphatic hydroxyl groups excluding tert-OH is 1. The van der Waals surface area contributed by atoms with Crippen LogP contribution < -0.4 is 0 Å². The predicted octanol–water partition coefficient (Wildman–Crippen LogP) is 3.55. The molecule has 1 aliphatic heterocycles. The Bertz CT molecular complexity index is 1120. The van der Waals surface area contributed by atoms with E-state index in [1.165, 1.54) is 9.87 Å². The van der Waals surface area contributed by atoms with Crippen LogP contribution >= 0.6 is 0 Å². The number of nitrogens with zero attached hydrogens (tertiary/aromatic N) is 2. The quantitative estimate of drug-likeness (QED) is 0.698. The maximum atomic E-state index is 13.5. The van der Waals surface area contributed by atoms with Crippen molar-refractivity contribution in [2.45, 2.75) is 31.1 Å². The molecule has 0 unspecified atom stereocenters. The van der Waals surface area contributed by atoms with Gasteiger partial charge in [0.05, 0.1) is 12.1 Å². The number of hydrogen-bond donors (Lipinski definition) is 1. The Kier molecular flexibility index (Phi) is 5.42. The fourth-order valence-electron chi connectivity index (χ4n) is 4.33. The van der Waals surface area contributed by atoms with Crippen LogP contribution in [-0.4, -0.2) is 42.5 Å². The van der Waals surface area contributed by atoms with Gasteiger partial charge in [-0.1, -0.05) is 42.5 Å². The van der Waals surface area contributed by atoms with Crippen LogP contribution in [0.25, 0.3) is 10.9 Å². The lowest BCUT2D eigenvalue weighted by Crippen LogP contribution is -2.49. The van der Waals surface area contributed by atoms with Gasteiger partial charge < -0.3 is 5.11 Å². The summed E-state index contributed by atoms with van der Waals surface area (Å²) in [5, 5.41) is 11.1. The number of hydrogen-bond acceptors (Lipinski definition) is 4. The third-order valence-electron chi connectivity index (χ3n) is 6.00. The van der Waals surface area contributed by atoms with E-state index in [1.54, 1.807) is 24.4 Å². The number of piperidine rings is 1. The fourth-order valence-corrected chi connectivity index (χ4v) is 6.09. The van der Waals surface area contributed by atoms with E-state index in [0.717, 1.165) is 23.8 Å². The van der Waals surface area contributed by atoms with Crippen LogP contribution in [0.5, 0.6) is 0 Å². The largest absolute Gasteiger partial charge is 0.396 e. The highest BCUT2D eigenvalue weighted by molar-refractivity contribution is 7.89. The molecule has 0 spiro atoms. The van der Waals surface area contributed by atoms with Crippen LogP contribution in [0, 0.1) is 12.3 Å². The second kappa shape index (κ2) is 7.86. The third-order valence-corrected chi connectivity index (χ3v) is 7.88. The summed E-state index contributed by atoms with van der Waals surface area (Å²) in [7, 11) is -3.71. The molecule has 0 saturated carbocycles. The van der Waals surface area contributed by atoms with Gasteiger partial charge in [0.15, 0.2) is 0 Å². The highest BCUT2D eigenvalue weighted by Crippen LogP contribution is 2.37. The van der Waals surface area contributed by atoms with E-state index in [4.69, 9.17) is 0 Å². The van der Waals surface area contributed by atoms with Crippen LogP contribution in [0.3, 0.4) is 0 Å². The van der Waals surface area contributed by atoms with Gasteiger partial charge in [0.25, 0.3) is 0 Å². The van der Waals surface area contributed by atoms with Gasteiger partial charge in [0.1, 0.15) is 4.90 Å². The summed E-state index contributed by atoms with van der Waals surface area (Å²) in [6.07, 6.45) is 3.81. The van der Waals surface area contributed by atoms with E-state index in [-0.39, 0.29) is 11.5 Å². The number of aliphatic hydroxyl groups is 1. The van der Waals surface area contributed by atoms with Gasteiger partial charge in [-0.3, -0.25) is 4.98 Å². The van der Waals surface area contributed by atoms with E-state index in [9.17, 15) is 13.5 Å². The van der Waals surface area contributed by atoms with Gasteiger partial charge in [0, 0.05) is 30.1 Å². The minimum atomic E-state index is -3.71. The number of para-hydroxylation sites is 1. The maximum absolute atomic E-state index is 13.5. The standard InChI is InChI=1S/C23H26N2O3S/c1-18-7-2-3-8-20(18)15-23(17-26)12-6-14-25(16-23)29(27,28)21-11-4-9-19-10-5-13-24-22(19)21/h2-5,7-11,13,26H,6,12,14-17H2,1H3/t23-/m1/s1. The van der Waals surface area contributed by atoms with E-state index in [1.807, 2.05) is 24.3 Å². The summed E-state index contributed by atoms with van der Waals surface area (Å²) in [4.78, 5) is 4.56. The van der Waals surface area contributed by atoms with Crippen molar-refractivity contribution >= 4 is 20.9 Å². The first kappa shape index (κ1) is 20.0.